The van der Waals surface area contributed by atoms with Crippen LogP contribution in [0, 0.1) is 0 Å². The topological polar surface area (TPSA) is 80.9 Å². The van der Waals surface area contributed by atoms with Crippen LogP contribution in [0.15, 0.2) is 103 Å². The predicted molar refractivity (Wildman–Crippen MR) is 198 cm³/mol. The standard InChI is InChI=1S/C12H10O.C10H14O.C6H6O2.6C2H6/c13-12-9-5-4-8-11(12)10-6-2-1-3-7-10;1-10(2,3)8-4-6-9(11)7-5-8;7-5-2-1-3-6(8)4-5;6*1-2/h1-9,13H;4-7,11H,1-3H3;1-4,7-8H;6*1-2H3. The molecule has 4 N–H and O–H groups in total. The lowest BCUT2D eigenvalue weighted by atomic mass is 9.87. The van der Waals surface area contributed by atoms with Gasteiger partial charge in [0.05, 0.1) is 0 Å². The third kappa shape index (κ3) is 25.8. The summed E-state index contributed by atoms with van der Waals surface area (Å²) in [6, 6.07) is 30.4. The Morgan fingerprint density at radius 2 is 0.773 bits per heavy atom. The van der Waals surface area contributed by atoms with Crippen molar-refractivity contribution in [2.45, 2.75) is 109 Å². The second-order valence-electron chi connectivity index (χ2n) is 8.20. The van der Waals surface area contributed by atoms with E-state index in [1.54, 1.807) is 24.3 Å². The van der Waals surface area contributed by atoms with Crippen LogP contribution >= 0.6 is 0 Å². The van der Waals surface area contributed by atoms with E-state index in [9.17, 15) is 5.11 Å². The van der Waals surface area contributed by atoms with Gasteiger partial charge in [-0.1, -0.05) is 171 Å². The fourth-order valence-corrected chi connectivity index (χ4v) is 2.79. The largest absolute Gasteiger partial charge is 0.508 e. The molecule has 0 atom stereocenters. The first kappa shape index (κ1) is 49.7. The molecule has 0 radical (unpaired) electrons. The molecule has 4 heteroatoms. The minimum atomic E-state index is 0.0880. The maximum atomic E-state index is 9.56. The fourth-order valence-electron chi connectivity index (χ4n) is 2.79. The van der Waals surface area contributed by atoms with Gasteiger partial charge in [0, 0.05) is 11.6 Å². The quantitative estimate of drug-likeness (QED) is 0.173. The molecule has 250 valence electrons. The van der Waals surface area contributed by atoms with Gasteiger partial charge >= 0.3 is 0 Å². The monoisotopic (exact) mass is 610 g/mol. The molecule has 0 aromatic heterocycles. The van der Waals surface area contributed by atoms with Crippen molar-refractivity contribution in [1.82, 2.24) is 0 Å². The van der Waals surface area contributed by atoms with E-state index in [1.807, 2.05) is 144 Å². The van der Waals surface area contributed by atoms with Crippen LogP contribution in [0.2, 0.25) is 0 Å². The molecule has 0 heterocycles. The molecular formula is C40H66O4. The summed E-state index contributed by atoms with van der Waals surface area (Å²) in [5.41, 5.74) is 3.34. The molecule has 0 bridgehead atoms. The third-order valence-corrected chi connectivity index (χ3v) is 4.55. The van der Waals surface area contributed by atoms with Gasteiger partial charge in [-0.05, 0) is 46.9 Å². The molecule has 4 aromatic rings. The van der Waals surface area contributed by atoms with Crippen molar-refractivity contribution in [3.8, 4) is 34.1 Å². The first-order chi connectivity index (χ1) is 21.2. The summed E-state index contributed by atoms with van der Waals surface area (Å²) >= 11 is 0. The Labute approximate surface area is 272 Å². The molecule has 0 saturated heterocycles. The number of hydrogen-bond donors (Lipinski definition) is 4. The summed E-state index contributed by atoms with van der Waals surface area (Å²) < 4.78 is 0. The van der Waals surface area contributed by atoms with Gasteiger partial charge in [0.1, 0.15) is 23.0 Å². The molecule has 0 unspecified atom stereocenters. The highest BCUT2D eigenvalue weighted by atomic mass is 16.3. The zero-order valence-corrected chi connectivity index (χ0v) is 30.6. The molecule has 0 saturated carbocycles. The third-order valence-electron chi connectivity index (χ3n) is 4.55. The van der Waals surface area contributed by atoms with Crippen LogP contribution in [0.4, 0.5) is 0 Å². The Kier molecular flexibility index (Phi) is 39.9. The minimum absolute atomic E-state index is 0.0880. The van der Waals surface area contributed by atoms with Gasteiger partial charge in [0.25, 0.3) is 0 Å². The average molecular weight is 611 g/mol. The zero-order chi connectivity index (χ0) is 35.6. The summed E-state index contributed by atoms with van der Waals surface area (Å²) in [4.78, 5) is 0. The Morgan fingerprint density at radius 1 is 0.386 bits per heavy atom. The Balaban J connectivity index is -0.000000150. The van der Waals surface area contributed by atoms with Gasteiger partial charge in [-0.15, -0.1) is 0 Å². The van der Waals surface area contributed by atoms with Crippen molar-refractivity contribution in [2.24, 2.45) is 0 Å². The van der Waals surface area contributed by atoms with E-state index in [0.717, 1.165) is 11.1 Å². The van der Waals surface area contributed by atoms with Crippen LogP contribution in [0.1, 0.15) is 109 Å². The van der Waals surface area contributed by atoms with E-state index in [-0.39, 0.29) is 16.9 Å². The van der Waals surface area contributed by atoms with Crippen LogP contribution in [-0.2, 0) is 5.41 Å². The molecule has 0 spiro atoms. The van der Waals surface area contributed by atoms with Gasteiger partial charge in [-0.2, -0.15) is 0 Å². The minimum Gasteiger partial charge on any atom is -0.508 e. The Hall–Kier alpha value is -3.92. The molecule has 4 aromatic carbocycles. The molecule has 4 nitrogen and oxygen atoms in total. The molecule has 0 aliphatic heterocycles. The lowest BCUT2D eigenvalue weighted by Crippen LogP contribution is -2.10. The van der Waals surface area contributed by atoms with E-state index >= 15 is 0 Å². The number of aromatic hydroxyl groups is 4. The van der Waals surface area contributed by atoms with Crippen LogP contribution in [0.5, 0.6) is 23.0 Å². The predicted octanol–water partition coefficient (Wildman–Crippen LogP) is 13.0. The van der Waals surface area contributed by atoms with E-state index in [4.69, 9.17) is 15.3 Å². The second kappa shape index (κ2) is 35.3. The highest BCUT2D eigenvalue weighted by molar-refractivity contribution is 5.69. The summed E-state index contributed by atoms with van der Waals surface area (Å²) in [6.45, 7) is 30.5. The number of phenols is 4. The van der Waals surface area contributed by atoms with Crippen LogP contribution in [-0.4, -0.2) is 20.4 Å². The first-order valence-corrected chi connectivity index (χ1v) is 16.3. The zero-order valence-electron chi connectivity index (χ0n) is 30.6. The average Bonchev–Trinajstić information content (AvgIpc) is 3.08. The van der Waals surface area contributed by atoms with Gasteiger partial charge in [-0.25, -0.2) is 0 Å². The summed E-state index contributed by atoms with van der Waals surface area (Å²) in [5, 5.41) is 35.9. The van der Waals surface area contributed by atoms with Crippen LogP contribution < -0.4 is 0 Å². The number of benzene rings is 4. The van der Waals surface area contributed by atoms with Crippen LogP contribution in [0.3, 0.4) is 0 Å². The van der Waals surface area contributed by atoms with Gasteiger partial charge < -0.3 is 20.4 Å². The van der Waals surface area contributed by atoms with Crippen molar-refractivity contribution in [3.63, 3.8) is 0 Å². The van der Waals surface area contributed by atoms with Crippen molar-refractivity contribution < 1.29 is 20.4 Å². The molecule has 0 aliphatic rings. The van der Waals surface area contributed by atoms with Crippen molar-refractivity contribution in [2.75, 3.05) is 0 Å². The molecule has 0 aliphatic carbocycles. The summed E-state index contributed by atoms with van der Waals surface area (Å²) in [5.74, 6) is 0.835. The van der Waals surface area contributed by atoms with E-state index in [0.29, 0.717) is 11.5 Å². The lowest BCUT2D eigenvalue weighted by Gasteiger charge is -2.18. The van der Waals surface area contributed by atoms with E-state index < -0.39 is 0 Å². The Bertz CT molecular complexity index is 1070. The second-order valence-corrected chi connectivity index (χ2v) is 8.20. The maximum Gasteiger partial charge on any atom is 0.123 e. The van der Waals surface area contributed by atoms with E-state index in [2.05, 4.69) is 20.8 Å². The summed E-state index contributed by atoms with van der Waals surface area (Å²) in [6.07, 6.45) is 0. The van der Waals surface area contributed by atoms with Gasteiger partial charge in [0.15, 0.2) is 0 Å². The van der Waals surface area contributed by atoms with Crippen molar-refractivity contribution in [3.05, 3.63) is 109 Å². The van der Waals surface area contributed by atoms with Gasteiger partial charge in [0.2, 0.25) is 0 Å². The van der Waals surface area contributed by atoms with Crippen LogP contribution in [0.25, 0.3) is 11.1 Å². The number of para-hydroxylation sites is 1. The number of rotatable bonds is 1. The molecule has 0 fully saturated rings. The normalized spacial score (nSPS) is 8.25. The first-order valence-electron chi connectivity index (χ1n) is 16.3. The molecular weight excluding hydrogens is 544 g/mol. The number of hydrogen-bond acceptors (Lipinski definition) is 4. The SMILES string of the molecule is CC.CC.CC.CC.CC.CC.CC(C)(C)c1ccc(O)cc1.Oc1cccc(O)c1.Oc1ccccc1-c1ccccc1. The summed E-state index contributed by atoms with van der Waals surface area (Å²) in [7, 11) is 0. The molecule has 0 amide bonds. The smallest absolute Gasteiger partial charge is 0.123 e. The number of phenolic OH excluding ortho intramolecular Hbond substituents is 4. The van der Waals surface area contributed by atoms with E-state index in [1.165, 1.54) is 23.8 Å². The molecule has 4 rings (SSSR count). The highest BCUT2D eigenvalue weighted by Gasteiger charge is 2.12. The maximum absolute atomic E-state index is 9.56. The van der Waals surface area contributed by atoms with Crippen molar-refractivity contribution in [1.29, 1.82) is 0 Å². The lowest BCUT2D eigenvalue weighted by molar-refractivity contribution is 0.450. The molecule has 44 heavy (non-hydrogen) atoms. The highest BCUT2D eigenvalue weighted by Crippen LogP contribution is 2.27. The van der Waals surface area contributed by atoms with Gasteiger partial charge in [-0.3, -0.25) is 0 Å². The van der Waals surface area contributed by atoms with Crippen molar-refractivity contribution >= 4 is 0 Å². The Morgan fingerprint density at radius 3 is 1.11 bits per heavy atom. The fraction of sp³-hybridized carbons (Fsp3) is 0.400.